The van der Waals surface area contributed by atoms with Crippen molar-refractivity contribution in [2.75, 3.05) is 18.0 Å². The zero-order valence-corrected chi connectivity index (χ0v) is 16.1. The molecular formula is C19H18F3N5OS. The van der Waals surface area contributed by atoms with Crippen molar-refractivity contribution in [3.05, 3.63) is 53.2 Å². The minimum Gasteiger partial charge on any atom is -0.355 e. The van der Waals surface area contributed by atoms with Crippen LogP contribution < -0.4 is 10.2 Å². The summed E-state index contributed by atoms with van der Waals surface area (Å²) in [7, 11) is 0. The van der Waals surface area contributed by atoms with Crippen molar-refractivity contribution in [2.45, 2.75) is 25.1 Å². The lowest BCUT2D eigenvalue weighted by Crippen LogP contribution is -2.44. The third-order valence-electron chi connectivity index (χ3n) is 4.82. The molecule has 29 heavy (non-hydrogen) atoms. The number of hydrogen-bond donors (Lipinski definition) is 2. The van der Waals surface area contributed by atoms with Gasteiger partial charge in [-0.05, 0) is 36.4 Å². The third-order valence-corrected chi connectivity index (χ3v) is 5.72. The predicted molar refractivity (Wildman–Crippen MR) is 104 cm³/mol. The molecule has 10 heteroatoms. The zero-order chi connectivity index (χ0) is 20.4. The smallest absolute Gasteiger partial charge is 0.355 e. The first-order valence-corrected chi connectivity index (χ1v) is 9.96. The number of amides is 1. The van der Waals surface area contributed by atoms with E-state index in [1.807, 2.05) is 23.6 Å². The monoisotopic (exact) mass is 421 g/mol. The Labute approximate surface area is 168 Å². The van der Waals surface area contributed by atoms with Crippen LogP contribution in [0.4, 0.5) is 19.0 Å². The first-order valence-electron chi connectivity index (χ1n) is 9.08. The summed E-state index contributed by atoms with van der Waals surface area (Å²) in [5.41, 5.74) is 0.0804. The lowest BCUT2D eigenvalue weighted by Gasteiger charge is -2.32. The maximum atomic E-state index is 12.6. The Kier molecular flexibility index (Phi) is 5.27. The SMILES string of the molecule is O=C(NC1CCN(c2cc(-c3cccs3)[nH]n2)CC1)c1ccc(C(F)(F)F)nc1. The molecule has 152 valence electrons. The van der Waals surface area contributed by atoms with Gasteiger partial charge in [-0.3, -0.25) is 14.9 Å². The van der Waals surface area contributed by atoms with E-state index >= 15 is 0 Å². The van der Waals surface area contributed by atoms with Crippen LogP contribution in [0, 0.1) is 0 Å². The number of alkyl halides is 3. The van der Waals surface area contributed by atoms with Crippen molar-refractivity contribution in [3.8, 4) is 10.6 Å². The van der Waals surface area contributed by atoms with Crippen LogP contribution in [0.25, 0.3) is 10.6 Å². The molecular weight excluding hydrogens is 403 g/mol. The molecule has 3 aromatic rings. The fourth-order valence-corrected chi connectivity index (χ4v) is 3.94. The van der Waals surface area contributed by atoms with Gasteiger partial charge in [-0.2, -0.15) is 18.3 Å². The summed E-state index contributed by atoms with van der Waals surface area (Å²) in [5, 5.41) is 12.3. The van der Waals surface area contributed by atoms with E-state index in [1.54, 1.807) is 11.3 Å². The molecule has 6 nitrogen and oxygen atoms in total. The summed E-state index contributed by atoms with van der Waals surface area (Å²) in [4.78, 5) is 18.9. The average Bonchev–Trinajstić information content (AvgIpc) is 3.40. The lowest BCUT2D eigenvalue weighted by atomic mass is 10.0. The predicted octanol–water partition coefficient (Wildman–Crippen LogP) is 3.95. The molecule has 0 aliphatic carbocycles. The van der Waals surface area contributed by atoms with Crippen molar-refractivity contribution < 1.29 is 18.0 Å². The summed E-state index contributed by atoms with van der Waals surface area (Å²) in [6, 6.07) is 7.95. The molecule has 4 heterocycles. The first-order chi connectivity index (χ1) is 13.9. The number of piperidine rings is 1. The highest BCUT2D eigenvalue weighted by atomic mass is 32.1. The van der Waals surface area contributed by atoms with Crippen molar-refractivity contribution in [3.63, 3.8) is 0 Å². The number of aromatic amines is 1. The number of carbonyl (C=O) groups excluding carboxylic acids is 1. The summed E-state index contributed by atoms with van der Waals surface area (Å²) in [6.45, 7) is 1.45. The molecule has 0 bridgehead atoms. The minimum absolute atomic E-state index is 0.0447. The number of carbonyl (C=O) groups is 1. The molecule has 2 N–H and O–H groups in total. The van der Waals surface area contributed by atoms with E-state index in [1.165, 1.54) is 0 Å². The van der Waals surface area contributed by atoms with Crippen LogP contribution in [0.15, 0.2) is 41.9 Å². The molecule has 0 unspecified atom stereocenters. The minimum atomic E-state index is -4.52. The molecule has 0 spiro atoms. The van der Waals surface area contributed by atoms with Gasteiger partial charge < -0.3 is 10.2 Å². The van der Waals surface area contributed by atoms with Crippen LogP contribution in [-0.2, 0) is 6.18 Å². The van der Waals surface area contributed by atoms with Gasteiger partial charge in [0.05, 0.1) is 16.1 Å². The Morgan fingerprint density at radius 1 is 1.24 bits per heavy atom. The molecule has 0 atom stereocenters. The summed E-state index contributed by atoms with van der Waals surface area (Å²) in [5.74, 6) is 0.453. The second kappa shape index (κ2) is 7.86. The van der Waals surface area contributed by atoms with Gasteiger partial charge in [0.1, 0.15) is 5.69 Å². The van der Waals surface area contributed by atoms with E-state index in [-0.39, 0.29) is 11.6 Å². The van der Waals surface area contributed by atoms with Crippen LogP contribution in [0.1, 0.15) is 28.9 Å². The van der Waals surface area contributed by atoms with E-state index in [9.17, 15) is 18.0 Å². The van der Waals surface area contributed by atoms with Crippen molar-refractivity contribution in [2.24, 2.45) is 0 Å². The van der Waals surface area contributed by atoms with E-state index in [2.05, 4.69) is 25.4 Å². The lowest BCUT2D eigenvalue weighted by molar-refractivity contribution is -0.141. The third kappa shape index (κ3) is 4.42. The highest BCUT2D eigenvalue weighted by Gasteiger charge is 2.32. The molecule has 1 saturated heterocycles. The molecule has 1 aliphatic rings. The largest absolute Gasteiger partial charge is 0.433 e. The van der Waals surface area contributed by atoms with Crippen LogP contribution in [0.5, 0.6) is 0 Å². The number of pyridine rings is 1. The summed E-state index contributed by atoms with van der Waals surface area (Å²) >= 11 is 1.64. The van der Waals surface area contributed by atoms with Gasteiger partial charge in [-0.1, -0.05) is 6.07 Å². The number of aromatic nitrogens is 3. The molecule has 0 aromatic carbocycles. The number of hydrogen-bond acceptors (Lipinski definition) is 5. The number of anilines is 1. The van der Waals surface area contributed by atoms with Crippen molar-refractivity contribution in [1.82, 2.24) is 20.5 Å². The number of nitrogens with zero attached hydrogens (tertiary/aromatic N) is 3. The first kappa shape index (κ1) is 19.4. The molecule has 1 amide bonds. The number of nitrogens with one attached hydrogen (secondary N) is 2. The second-order valence-electron chi connectivity index (χ2n) is 6.78. The number of rotatable bonds is 4. The second-order valence-corrected chi connectivity index (χ2v) is 7.73. The highest BCUT2D eigenvalue weighted by Crippen LogP contribution is 2.28. The topological polar surface area (TPSA) is 73.9 Å². The fraction of sp³-hybridized carbons (Fsp3) is 0.316. The molecule has 4 rings (SSSR count). The number of H-pyrrole nitrogens is 1. The van der Waals surface area contributed by atoms with Crippen LogP contribution in [0.3, 0.4) is 0 Å². The van der Waals surface area contributed by atoms with Gasteiger partial charge in [-0.15, -0.1) is 11.3 Å². The van der Waals surface area contributed by atoms with Crippen LogP contribution in [0.2, 0.25) is 0 Å². The van der Waals surface area contributed by atoms with Crippen LogP contribution >= 0.6 is 11.3 Å². The summed E-state index contributed by atoms with van der Waals surface area (Å²) < 4.78 is 37.7. The van der Waals surface area contributed by atoms with E-state index in [0.717, 1.165) is 60.6 Å². The number of thiophene rings is 1. The van der Waals surface area contributed by atoms with Crippen molar-refractivity contribution in [1.29, 1.82) is 0 Å². The van der Waals surface area contributed by atoms with Gasteiger partial charge >= 0.3 is 6.18 Å². The summed E-state index contributed by atoms with van der Waals surface area (Å²) in [6.07, 6.45) is -2.11. The highest BCUT2D eigenvalue weighted by molar-refractivity contribution is 7.13. The van der Waals surface area contributed by atoms with Crippen molar-refractivity contribution >= 4 is 23.1 Å². The maximum Gasteiger partial charge on any atom is 0.433 e. The van der Waals surface area contributed by atoms with Gasteiger partial charge in [0, 0.05) is 31.4 Å². The Hall–Kier alpha value is -2.88. The number of halogens is 3. The van der Waals surface area contributed by atoms with E-state index in [4.69, 9.17) is 0 Å². The standard InChI is InChI=1S/C19H18F3N5OS/c20-19(21,22)16-4-3-12(11-23-16)18(28)24-13-5-7-27(8-6-13)17-10-14(25-26-17)15-2-1-9-29-15/h1-4,9-11,13H,5-8H2,(H,24,28)(H,25,26). The van der Waals surface area contributed by atoms with Gasteiger partial charge in [0.25, 0.3) is 5.91 Å². The molecule has 1 aliphatic heterocycles. The average molecular weight is 421 g/mol. The fourth-order valence-electron chi connectivity index (χ4n) is 3.25. The Bertz CT molecular complexity index is 961. The van der Waals surface area contributed by atoms with Gasteiger partial charge in [0.2, 0.25) is 0 Å². The molecule has 1 fully saturated rings. The molecule has 0 saturated carbocycles. The Morgan fingerprint density at radius 2 is 2.03 bits per heavy atom. The van der Waals surface area contributed by atoms with E-state index < -0.39 is 17.8 Å². The Morgan fingerprint density at radius 3 is 2.66 bits per heavy atom. The quantitative estimate of drug-likeness (QED) is 0.669. The van der Waals surface area contributed by atoms with Gasteiger partial charge in [0.15, 0.2) is 5.82 Å². The van der Waals surface area contributed by atoms with Crippen LogP contribution in [-0.4, -0.2) is 40.2 Å². The molecule has 0 radical (unpaired) electrons. The van der Waals surface area contributed by atoms with E-state index in [0.29, 0.717) is 0 Å². The Balaban J connectivity index is 1.31. The molecule has 3 aromatic heterocycles. The maximum absolute atomic E-state index is 12.6. The zero-order valence-electron chi connectivity index (χ0n) is 15.2. The van der Waals surface area contributed by atoms with Gasteiger partial charge in [-0.25, -0.2) is 0 Å². The normalized spacial score (nSPS) is 15.5.